The van der Waals surface area contributed by atoms with Gasteiger partial charge in [0.15, 0.2) is 6.10 Å². The molecule has 0 aliphatic heterocycles. The Kier molecular flexibility index (Phi) is 51.3. The highest BCUT2D eigenvalue weighted by atomic mass is 16.6. The van der Waals surface area contributed by atoms with E-state index in [1.165, 1.54) is 193 Å². The van der Waals surface area contributed by atoms with Crippen LogP contribution < -0.4 is 0 Å². The Morgan fingerprint density at radius 2 is 0.562 bits per heavy atom. The molecule has 0 aromatic heterocycles. The second kappa shape index (κ2) is 53.2. The molecule has 0 saturated heterocycles. The minimum atomic E-state index is -0.771. The lowest BCUT2D eigenvalue weighted by Crippen LogP contribution is -2.30. The van der Waals surface area contributed by atoms with Crippen LogP contribution in [0.4, 0.5) is 0 Å². The molecule has 0 bridgehead atoms. The van der Waals surface area contributed by atoms with Crippen LogP contribution in [0.25, 0.3) is 0 Å². The molecular weight excluding hydrogens is 793 g/mol. The van der Waals surface area contributed by atoms with E-state index in [1.54, 1.807) is 0 Å². The van der Waals surface area contributed by atoms with Crippen molar-refractivity contribution in [3.8, 4) is 0 Å². The molecule has 0 aliphatic carbocycles. The quantitative estimate of drug-likeness (QED) is 0.0262. The maximum absolute atomic E-state index is 12.8. The molecule has 64 heavy (non-hydrogen) atoms. The van der Waals surface area contributed by atoms with Gasteiger partial charge in [0.2, 0.25) is 0 Å². The summed E-state index contributed by atoms with van der Waals surface area (Å²) in [4.78, 5) is 38.1. The minimum Gasteiger partial charge on any atom is -0.462 e. The second-order valence-electron chi connectivity index (χ2n) is 18.8. The van der Waals surface area contributed by atoms with Crippen LogP contribution in [0.15, 0.2) is 36.5 Å². The number of ether oxygens (including phenoxy) is 3. The highest BCUT2D eigenvalue weighted by Gasteiger charge is 2.19. The second-order valence-corrected chi connectivity index (χ2v) is 18.8. The van der Waals surface area contributed by atoms with Gasteiger partial charge in [0.25, 0.3) is 0 Å². The van der Waals surface area contributed by atoms with E-state index >= 15 is 0 Å². The van der Waals surface area contributed by atoms with Crippen molar-refractivity contribution in [1.29, 1.82) is 0 Å². The molecule has 0 amide bonds. The van der Waals surface area contributed by atoms with Crippen molar-refractivity contribution in [2.75, 3.05) is 13.2 Å². The Hall–Kier alpha value is -2.37. The zero-order valence-electron chi connectivity index (χ0n) is 42.8. The highest BCUT2D eigenvalue weighted by Crippen LogP contribution is 2.16. The fourth-order valence-electron chi connectivity index (χ4n) is 8.12. The number of allylic oxidation sites excluding steroid dienone is 6. The van der Waals surface area contributed by atoms with Crippen LogP contribution in [0.1, 0.15) is 297 Å². The largest absolute Gasteiger partial charge is 0.462 e. The predicted octanol–water partition coefficient (Wildman–Crippen LogP) is 18.5. The lowest BCUT2D eigenvalue weighted by Gasteiger charge is -2.18. The fourth-order valence-corrected chi connectivity index (χ4v) is 8.12. The van der Waals surface area contributed by atoms with Gasteiger partial charge in [-0.25, -0.2) is 0 Å². The highest BCUT2D eigenvalue weighted by molar-refractivity contribution is 5.71. The molecular formula is C58H106O6. The molecule has 0 rings (SSSR count). The monoisotopic (exact) mass is 899 g/mol. The smallest absolute Gasteiger partial charge is 0.306 e. The van der Waals surface area contributed by atoms with E-state index in [-0.39, 0.29) is 31.1 Å². The van der Waals surface area contributed by atoms with Crippen molar-refractivity contribution in [2.24, 2.45) is 0 Å². The molecule has 0 saturated carbocycles. The van der Waals surface area contributed by atoms with Gasteiger partial charge < -0.3 is 14.2 Å². The summed E-state index contributed by atoms with van der Waals surface area (Å²) in [7, 11) is 0. The van der Waals surface area contributed by atoms with E-state index < -0.39 is 6.10 Å². The van der Waals surface area contributed by atoms with Gasteiger partial charge in [-0.2, -0.15) is 0 Å². The zero-order chi connectivity index (χ0) is 46.5. The van der Waals surface area contributed by atoms with Gasteiger partial charge in [-0.1, -0.05) is 237 Å². The van der Waals surface area contributed by atoms with Gasteiger partial charge in [-0.3, -0.25) is 14.4 Å². The Morgan fingerprint density at radius 3 is 0.922 bits per heavy atom. The van der Waals surface area contributed by atoms with E-state index in [4.69, 9.17) is 14.2 Å². The first-order valence-corrected chi connectivity index (χ1v) is 28.0. The number of unbranched alkanes of at least 4 members (excludes halogenated alkanes) is 34. The molecule has 6 heteroatoms. The van der Waals surface area contributed by atoms with Crippen LogP contribution in [0.3, 0.4) is 0 Å². The molecule has 1 atom stereocenters. The topological polar surface area (TPSA) is 78.9 Å². The average molecular weight is 899 g/mol. The lowest BCUT2D eigenvalue weighted by atomic mass is 10.0. The minimum absolute atomic E-state index is 0.0724. The van der Waals surface area contributed by atoms with Crippen LogP contribution in [0.2, 0.25) is 0 Å². The third kappa shape index (κ3) is 50.6. The average Bonchev–Trinajstić information content (AvgIpc) is 3.29. The van der Waals surface area contributed by atoms with Crippen molar-refractivity contribution in [1.82, 2.24) is 0 Å². The number of carbonyl (C=O) groups is 3. The molecule has 0 N–H and O–H groups in total. The summed E-state index contributed by atoms with van der Waals surface area (Å²) in [5.41, 5.74) is 0. The molecule has 0 unspecified atom stereocenters. The van der Waals surface area contributed by atoms with Crippen LogP contribution in [-0.2, 0) is 28.6 Å². The Labute approximate surface area is 397 Å². The third-order valence-corrected chi connectivity index (χ3v) is 12.4. The summed E-state index contributed by atoms with van der Waals surface area (Å²) >= 11 is 0. The predicted molar refractivity (Wildman–Crippen MR) is 275 cm³/mol. The molecule has 374 valence electrons. The molecule has 0 spiro atoms. The van der Waals surface area contributed by atoms with E-state index in [9.17, 15) is 14.4 Å². The fraction of sp³-hybridized carbons (Fsp3) is 0.845. The first kappa shape index (κ1) is 61.6. The Morgan fingerprint density at radius 1 is 0.312 bits per heavy atom. The summed E-state index contributed by atoms with van der Waals surface area (Å²) in [5.74, 6) is -0.866. The number of hydrogen-bond donors (Lipinski definition) is 0. The van der Waals surface area contributed by atoms with Gasteiger partial charge in [0.1, 0.15) is 13.2 Å². The van der Waals surface area contributed by atoms with E-state index in [1.807, 2.05) is 0 Å². The number of carbonyl (C=O) groups excluding carboxylic acids is 3. The summed E-state index contributed by atoms with van der Waals surface area (Å²) in [6.07, 6.45) is 62.7. The van der Waals surface area contributed by atoms with Gasteiger partial charge in [0.05, 0.1) is 0 Å². The lowest BCUT2D eigenvalue weighted by molar-refractivity contribution is -0.167. The molecule has 0 aromatic carbocycles. The van der Waals surface area contributed by atoms with E-state index in [0.29, 0.717) is 19.3 Å². The normalized spacial score (nSPS) is 12.2. The van der Waals surface area contributed by atoms with Gasteiger partial charge in [-0.05, 0) is 77.0 Å². The summed E-state index contributed by atoms with van der Waals surface area (Å²) in [6, 6.07) is 0. The van der Waals surface area contributed by atoms with Gasteiger partial charge in [0, 0.05) is 19.3 Å². The number of esters is 3. The van der Waals surface area contributed by atoms with E-state index in [0.717, 1.165) is 64.2 Å². The zero-order valence-corrected chi connectivity index (χ0v) is 42.8. The standard InChI is InChI=1S/C58H106O6/c1-4-7-10-13-16-19-22-25-27-28-29-30-32-34-37-39-42-45-48-51-57(60)63-54-55(64-58(61)52-49-46-43-40-35-24-21-18-15-12-9-6-3)53-62-56(59)50-47-44-41-38-36-33-31-26-23-20-17-14-11-8-5-2/h16,19-20,23,25,27,55H,4-15,17-18,21-22,24,26,28-54H2,1-3H3/b19-16-,23-20-,27-25-/t55-/m0/s1. The number of rotatable bonds is 51. The van der Waals surface area contributed by atoms with Crippen LogP contribution in [0.5, 0.6) is 0 Å². The van der Waals surface area contributed by atoms with Crippen LogP contribution in [-0.4, -0.2) is 37.2 Å². The van der Waals surface area contributed by atoms with Crippen molar-refractivity contribution >= 4 is 17.9 Å². The molecule has 0 aliphatic rings. The summed E-state index contributed by atoms with van der Waals surface area (Å²) < 4.78 is 16.8. The molecule has 0 aromatic rings. The molecule has 0 fully saturated rings. The van der Waals surface area contributed by atoms with Crippen molar-refractivity contribution in [2.45, 2.75) is 303 Å². The van der Waals surface area contributed by atoms with Crippen molar-refractivity contribution in [3.05, 3.63) is 36.5 Å². The third-order valence-electron chi connectivity index (χ3n) is 12.4. The maximum Gasteiger partial charge on any atom is 0.306 e. The van der Waals surface area contributed by atoms with E-state index in [2.05, 4.69) is 57.2 Å². The van der Waals surface area contributed by atoms with Crippen molar-refractivity contribution < 1.29 is 28.6 Å². The van der Waals surface area contributed by atoms with Gasteiger partial charge >= 0.3 is 17.9 Å². The number of hydrogen-bond acceptors (Lipinski definition) is 6. The first-order valence-electron chi connectivity index (χ1n) is 28.0. The first-order chi connectivity index (χ1) is 31.5. The Bertz CT molecular complexity index is 1080. The van der Waals surface area contributed by atoms with Crippen LogP contribution in [0, 0.1) is 0 Å². The molecule has 0 heterocycles. The van der Waals surface area contributed by atoms with Crippen LogP contribution >= 0.6 is 0 Å². The Balaban J connectivity index is 4.31. The molecule has 6 nitrogen and oxygen atoms in total. The SMILES string of the molecule is CCCCC/C=C\C/C=C\CCCCCCCCCCCC(=O)OC[C@H](COC(=O)CCCCCCCCC/C=C\CCCCCC)OC(=O)CCCCCCCCCCCCCC. The molecule has 0 radical (unpaired) electrons. The summed E-state index contributed by atoms with van der Waals surface area (Å²) in [6.45, 7) is 6.62. The summed E-state index contributed by atoms with van der Waals surface area (Å²) in [5, 5.41) is 0. The van der Waals surface area contributed by atoms with Gasteiger partial charge in [-0.15, -0.1) is 0 Å². The maximum atomic E-state index is 12.8. The van der Waals surface area contributed by atoms with Crippen molar-refractivity contribution in [3.63, 3.8) is 0 Å².